The molecule has 0 aliphatic rings. The molecule has 0 unspecified atom stereocenters. The van der Waals surface area contributed by atoms with E-state index in [-0.39, 0.29) is 5.56 Å². The highest BCUT2D eigenvalue weighted by Gasteiger charge is 2.17. The number of fused-ring (bicyclic) bond motifs is 1. The SMILES string of the molecule is Cc1c(C(N)=O)sc2ncn(CCC(N)=S)c(=O)c12. The summed E-state index contributed by atoms with van der Waals surface area (Å²) < 4.78 is 1.44. The second-order valence-corrected chi connectivity index (χ2v) is 5.58. The molecular formula is C11H12N4O2S2. The van der Waals surface area contributed by atoms with Gasteiger partial charge in [0.2, 0.25) is 0 Å². The van der Waals surface area contributed by atoms with E-state index >= 15 is 0 Å². The molecule has 0 radical (unpaired) electrons. The maximum absolute atomic E-state index is 12.3. The standard InChI is InChI=1S/C11H12N4O2S2/c1-5-7-10(19-8(5)9(13)16)14-4-15(11(7)17)3-2-6(12)18/h4H,2-3H2,1H3,(H2,12,18)(H2,13,16). The number of amides is 1. The number of nitrogens with two attached hydrogens (primary N) is 2. The Bertz CT molecular complexity index is 732. The topological polar surface area (TPSA) is 104 Å². The van der Waals surface area contributed by atoms with Gasteiger partial charge in [0, 0.05) is 13.0 Å². The van der Waals surface area contributed by atoms with Crippen LogP contribution in [0.1, 0.15) is 21.7 Å². The van der Waals surface area contributed by atoms with Gasteiger partial charge in [-0.15, -0.1) is 11.3 Å². The fourth-order valence-electron chi connectivity index (χ4n) is 1.78. The van der Waals surface area contributed by atoms with E-state index in [4.69, 9.17) is 23.7 Å². The van der Waals surface area contributed by atoms with Gasteiger partial charge in [0.25, 0.3) is 11.5 Å². The molecule has 0 spiro atoms. The van der Waals surface area contributed by atoms with Gasteiger partial charge >= 0.3 is 0 Å². The molecule has 1 amide bonds. The van der Waals surface area contributed by atoms with Crippen LogP contribution in [-0.4, -0.2) is 20.4 Å². The number of thiophene rings is 1. The van der Waals surface area contributed by atoms with Crippen molar-refractivity contribution in [3.05, 3.63) is 27.1 Å². The summed E-state index contributed by atoms with van der Waals surface area (Å²) in [6.45, 7) is 2.07. The van der Waals surface area contributed by atoms with Crippen LogP contribution in [0.4, 0.5) is 0 Å². The Morgan fingerprint density at radius 3 is 2.79 bits per heavy atom. The molecule has 0 aliphatic heterocycles. The maximum Gasteiger partial charge on any atom is 0.262 e. The van der Waals surface area contributed by atoms with E-state index in [1.165, 1.54) is 10.9 Å². The minimum Gasteiger partial charge on any atom is -0.393 e. The third-order valence-electron chi connectivity index (χ3n) is 2.74. The first-order chi connectivity index (χ1) is 8.91. The van der Waals surface area contributed by atoms with Crippen molar-refractivity contribution in [3.8, 4) is 0 Å². The summed E-state index contributed by atoms with van der Waals surface area (Å²) >= 11 is 5.91. The van der Waals surface area contributed by atoms with E-state index in [1.807, 2.05) is 0 Å². The first-order valence-electron chi connectivity index (χ1n) is 5.48. The van der Waals surface area contributed by atoms with Crippen LogP contribution in [0.25, 0.3) is 10.2 Å². The van der Waals surface area contributed by atoms with E-state index in [2.05, 4.69) is 4.98 Å². The lowest BCUT2D eigenvalue weighted by atomic mass is 10.2. The van der Waals surface area contributed by atoms with E-state index in [0.29, 0.717) is 38.6 Å². The number of carbonyl (C=O) groups excluding carboxylic acids is 1. The van der Waals surface area contributed by atoms with Crippen LogP contribution in [0.5, 0.6) is 0 Å². The van der Waals surface area contributed by atoms with Gasteiger partial charge < -0.3 is 11.5 Å². The summed E-state index contributed by atoms with van der Waals surface area (Å²) in [5.74, 6) is -0.547. The number of carbonyl (C=O) groups is 1. The molecule has 4 N–H and O–H groups in total. The lowest BCUT2D eigenvalue weighted by Gasteiger charge is -2.04. The third-order valence-corrected chi connectivity index (χ3v) is 4.16. The third kappa shape index (κ3) is 2.49. The summed E-state index contributed by atoms with van der Waals surface area (Å²) in [6.07, 6.45) is 1.86. The Hall–Kier alpha value is -1.80. The Kier molecular flexibility index (Phi) is 3.63. The second kappa shape index (κ2) is 5.06. The van der Waals surface area contributed by atoms with Crippen molar-refractivity contribution >= 4 is 44.7 Å². The average molecular weight is 296 g/mol. The molecule has 0 aliphatic carbocycles. The maximum atomic E-state index is 12.3. The van der Waals surface area contributed by atoms with Gasteiger partial charge in [-0.05, 0) is 12.5 Å². The largest absolute Gasteiger partial charge is 0.393 e. The number of nitrogens with zero attached hydrogens (tertiary/aromatic N) is 2. The monoisotopic (exact) mass is 296 g/mol. The molecule has 0 fully saturated rings. The quantitative estimate of drug-likeness (QED) is 0.801. The van der Waals surface area contributed by atoms with Gasteiger partial charge in [0.1, 0.15) is 4.83 Å². The Morgan fingerprint density at radius 1 is 1.53 bits per heavy atom. The number of thiocarbonyl (C=S) groups is 1. The predicted molar refractivity (Wildman–Crippen MR) is 78.5 cm³/mol. The van der Waals surface area contributed by atoms with E-state index < -0.39 is 5.91 Å². The molecular weight excluding hydrogens is 284 g/mol. The summed E-state index contributed by atoms with van der Waals surface area (Å²) in [5.41, 5.74) is 11.1. The van der Waals surface area contributed by atoms with Gasteiger partial charge in [0.05, 0.1) is 21.6 Å². The van der Waals surface area contributed by atoms with E-state index in [0.717, 1.165) is 11.3 Å². The number of primary amides is 1. The minimum atomic E-state index is -0.547. The number of aromatic nitrogens is 2. The summed E-state index contributed by atoms with van der Waals surface area (Å²) in [6, 6.07) is 0. The van der Waals surface area contributed by atoms with Crippen molar-refractivity contribution in [1.29, 1.82) is 0 Å². The van der Waals surface area contributed by atoms with Gasteiger partial charge in [0.15, 0.2) is 0 Å². The smallest absolute Gasteiger partial charge is 0.262 e. The van der Waals surface area contributed by atoms with E-state index in [1.54, 1.807) is 6.92 Å². The molecule has 0 saturated heterocycles. The lowest BCUT2D eigenvalue weighted by molar-refractivity contribution is 0.100. The van der Waals surface area contributed by atoms with Gasteiger partial charge in [-0.2, -0.15) is 0 Å². The normalized spacial score (nSPS) is 10.8. The zero-order chi connectivity index (χ0) is 14.2. The number of hydrogen-bond acceptors (Lipinski definition) is 5. The Labute approximate surface area is 118 Å². The highest BCUT2D eigenvalue weighted by Crippen LogP contribution is 2.26. The second-order valence-electron chi connectivity index (χ2n) is 4.06. The van der Waals surface area contributed by atoms with Gasteiger partial charge in [-0.1, -0.05) is 12.2 Å². The highest BCUT2D eigenvalue weighted by atomic mass is 32.1. The van der Waals surface area contributed by atoms with Crippen molar-refractivity contribution in [3.63, 3.8) is 0 Å². The van der Waals surface area contributed by atoms with Crippen molar-refractivity contribution < 1.29 is 4.79 Å². The highest BCUT2D eigenvalue weighted by molar-refractivity contribution is 7.80. The fraction of sp³-hybridized carbons (Fsp3) is 0.273. The molecule has 0 atom stereocenters. The predicted octanol–water partition coefficient (Wildman–Crippen LogP) is 0.542. The molecule has 19 heavy (non-hydrogen) atoms. The van der Waals surface area contributed by atoms with Gasteiger partial charge in [-0.25, -0.2) is 4.98 Å². The number of hydrogen-bond donors (Lipinski definition) is 2. The van der Waals surface area contributed by atoms with Crippen molar-refractivity contribution in [2.24, 2.45) is 11.5 Å². The molecule has 8 heteroatoms. The summed E-state index contributed by atoms with van der Waals surface area (Å²) in [7, 11) is 0. The van der Waals surface area contributed by atoms with Crippen LogP contribution in [0, 0.1) is 6.92 Å². The van der Waals surface area contributed by atoms with Crippen LogP contribution in [0.15, 0.2) is 11.1 Å². The molecule has 0 bridgehead atoms. The molecule has 2 aromatic heterocycles. The van der Waals surface area contributed by atoms with Gasteiger partial charge in [-0.3, -0.25) is 14.2 Å². The molecule has 0 saturated carbocycles. The summed E-state index contributed by atoms with van der Waals surface area (Å²) in [5, 5.41) is 0.434. The van der Waals surface area contributed by atoms with Crippen LogP contribution in [0.3, 0.4) is 0 Å². The molecule has 0 aromatic carbocycles. The van der Waals surface area contributed by atoms with Crippen LogP contribution < -0.4 is 17.0 Å². The molecule has 2 aromatic rings. The fourth-order valence-corrected chi connectivity index (χ4v) is 2.87. The lowest BCUT2D eigenvalue weighted by Crippen LogP contribution is -2.23. The molecule has 2 heterocycles. The zero-order valence-electron chi connectivity index (χ0n) is 10.2. The molecule has 100 valence electrons. The first kappa shape index (κ1) is 13.6. The minimum absolute atomic E-state index is 0.206. The summed E-state index contributed by atoms with van der Waals surface area (Å²) in [4.78, 5) is 29.0. The van der Waals surface area contributed by atoms with Crippen molar-refractivity contribution in [2.75, 3.05) is 0 Å². The molecule has 2 rings (SSSR count). The zero-order valence-corrected chi connectivity index (χ0v) is 11.8. The van der Waals surface area contributed by atoms with Crippen molar-refractivity contribution in [2.45, 2.75) is 19.9 Å². The number of aryl methyl sites for hydroxylation is 2. The van der Waals surface area contributed by atoms with Crippen molar-refractivity contribution in [1.82, 2.24) is 9.55 Å². The average Bonchev–Trinajstić information content (AvgIpc) is 2.66. The number of rotatable bonds is 4. The van der Waals surface area contributed by atoms with Crippen LogP contribution >= 0.6 is 23.6 Å². The first-order valence-corrected chi connectivity index (χ1v) is 6.71. The van der Waals surface area contributed by atoms with Crippen LogP contribution in [-0.2, 0) is 6.54 Å². The van der Waals surface area contributed by atoms with E-state index in [9.17, 15) is 9.59 Å². The van der Waals surface area contributed by atoms with Crippen LogP contribution in [0.2, 0.25) is 0 Å². The molecule has 6 nitrogen and oxygen atoms in total. The Balaban J connectivity index is 2.58. The Morgan fingerprint density at radius 2 is 2.21 bits per heavy atom.